The van der Waals surface area contributed by atoms with Crippen LogP contribution < -0.4 is 14.8 Å². The molecule has 0 saturated carbocycles. The Balaban J connectivity index is 2.64. The van der Waals surface area contributed by atoms with E-state index in [1.54, 1.807) is 19.1 Å². The van der Waals surface area contributed by atoms with E-state index in [2.05, 4.69) is 5.32 Å². The van der Waals surface area contributed by atoms with Crippen LogP contribution in [0.25, 0.3) is 0 Å². The molecule has 1 N–H and O–H groups in total. The summed E-state index contributed by atoms with van der Waals surface area (Å²) in [4.78, 5) is 13.4. The van der Waals surface area contributed by atoms with E-state index >= 15 is 0 Å². The highest BCUT2D eigenvalue weighted by molar-refractivity contribution is 5.77. The number of methoxy groups -OCH3 is 1. The van der Waals surface area contributed by atoms with Crippen molar-refractivity contribution in [1.82, 2.24) is 10.2 Å². The van der Waals surface area contributed by atoms with Crippen LogP contribution in [0, 0.1) is 0 Å². The zero-order valence-corrected chi connectivity index (χ0v) is 12.7. The van der Waals surface area contributed by atoms with E-state index < -0.39 is 0 Å². The molecule has 5 nitrogen and oxygen atoms in total. The van der Waals surface area contributed by atoms with Crippen LogP contribution in [0.5, 0.6) is 11.5 Å². The number of nitrogens with zero attached hydrogens (tertiary/aromatic N) is 1. The lowest BCUT2D eigenvalue weighted by Crippen LogP contribution is -2.35. The number of ether oxygens (including phenoxy) is 2. The van der Waals surface area contributed by atoms with Gasteiger partial charge in [0.15, 0.2) is 11.5 Å². The number of hydrogen-bond donors (Lipinski definition) is 1. The van der Waals surface area contributed by atoms with Crippen molar-refractivity contribution in [2.75, 3.05) is 33.9 Å². The third-order valence-electron chi connectivity index (χ3n) is 3.06. The molecule has 0 aromatic heterocycles. The molecule has 0 atom stereocenters. The van der Waals surface area contributed by atoms with Gasteiger partial charge in [-0.25, -0.2) is 0 Å². The van der Waals surface area contributed by atoms with Gasteiger partial charge in [0.05, 0.1) is 20.3 Å². The summed E-state index contributed by atoms with van der Waals surface area (Å²) in [5, 5.41) is 3.13. The van der Waals surface area contributed by atoms with Gasteiger partial charge in [0, 0.05) is 25.7 Å². The first-order valence-corrected chi connectivity index (χ1v) is 6.87. The maximum absolute atomic E-state index is 11.7. The Morgan fingerprint density at radius 3 is 2.70 bits per heavy atom. The fourth-order valence-corrected chi connectivity index (χ4v) is 1.82. The number of likely N-dealkylation sites (N-methyl/N-ethyl adjacent to an activating group) is 1. The highest BCUT2D eigenvalue weighted by atomic mass is 16.5. The van der Waals surface area contributed by atoms with Gasteiger partial charge in [0.25, 0.3) is 0 Å². The summed E-state index contributed by atoms with van der Waals surface area (Å²) in [5.74, 6) is 1.52. The van der Waals surface area contributed by atoms with Crippen LogP contribution >= 0.6 is 0 Å². The molecule has 0 heterocycles. The average molecular weight is 280 g/mol. The Hall–Kier alpha value is -1.75. The summed E-state index contributed by atoms with van der Waals surface area (Å²) in [6, 6.07) is 5.76. The van der Waals surface area contributed by atoms with Crippen molar-refractivity contribution < 1.29 is 14.3 Å². The fourth-order valence-electron chi connectivity index (χ4n) is 1.82. The standard InChI is InChI=1S/C15H24N2O3/c1-5-17(3)14(18)11-16-10-12-8-7-9-13(20-6-2)15(12)19-4/h7-9,16H,5-6,10-11H2,1-4H3. The van der Waals surface area contributed by atoms with E-state index in [1.165, 1.54) is 0 Å². The Kier molecular flexibility index (Phi) is 6.87. The van der Waals surface area contributed by atoms with Crippen molar-refractivity contribution in [1.29, 1.82) is 0 Å². The number of benzene rings is 1. The minimum Gasteiger partial charge on any atom is -0.493 e. The topological polar surface area (TPSA) is 50.8 Å². The SMILES string of the molecule is CCOc1cccc(CNCC(=O)N(C)CC)c1OC. The fraction of sp³-hybridized carbons (Fsp3) is 0.533. The second-order valence-electron chi connectivity index (χ2n) is 4.39. The van der Waals surface area contributed by atoms with Crippen LogP contribution in [0.2, 0.25) is 0 Å². The summed E-state index contributed by atoms with van der Waals surface area (Å²) >= 11 is 0. The molecular weight excluding hydrogens is 256 g/mol. The number of carbonyl (C=O) groups is 1. The summed E-state index contributed by atoms with van der Waals surface area (Å²) in [5.41, 5.74) is 0.977. The highest BCUT2D eigenvalue weighted by Gasteiger charge is 2.11. The van der Waals surface area contributed by atoms with Gasteiger partial charge < -0.3 is 19.7 Å². The third-order valence-corrected chi connectivity index (χ3v) is 3.06. The van der Waals surface area contributed by atoms with Crippen molar-refractivity contribution in [3.8, 4) is 11.5 Å². The molecule has 0 aliphatic carbocycles. The molecular formula is C15H24N2O3. The molecule has 0 unspecified atom stereocenters. The molecule has 0 radical (unpaired) electrons. The van der Waals surface area contributed by atoms with Crippen LogP contribution in [0.3, 0.4) is 0 Å². The molecule has 0 spiro atoms. The lowest BCUT2D eigenvalue weighted by molar-refractivity contribution is -0.128. The third kappa shape index (κ3) is 4.42. The smallest absolute Gasteiger partial charge is 0.236 e. The second kappa shape index (κ2) is 8.43. The van der Waals surface area contributed by atoms with Gasteiger partial charge >= 0.3 is 0 Å². The van der Waals surface area contributed by atoms with E-state index in [9.17, 15) is 4.79 Å². The molecule has 1 amide bonds. The maximum atomic E-state index is 11.7. The minimum atomic E-state index is 0.0763. The second-order valence-corrected chi connectivity index (χ2v) is 4.39. The summed E-state index contributed by atoms with van der Waals surface area (Å²) in [6.07, 6.45) is 0. The van der Waals surface area contributed by atoms with Gasteiger partial charge in [-0.1, -0.05) is 12.1 Å². The first kappa shape index (κ1) is 16.3. The molecule has 20 heavy (non-hydrogen) atoms. The van der Waals surface area contributed by atoms with E-state index in [0.29, 0.717) is 26.2 Å². The first-order chi connectivity index (χ1) is 9.63. The van der Waals surface area contributed by atoms with Gasteiger partial charge in [-0.3, -0.25) is 4.79 Å². The van der Waals surface area contributed by atoms with Crippen LogP contribution in [-0.4, -0.2) is 44.7 Å². The number of rotatable bonds is 8. The van der Waals surface area contributed by atoms with E-state index in [4.69, 9.17) is 9.47 Å². The van der Waals surface area contributed by atoms with Crippen molar-refractivity contribution >= 4 is 5.91 Å². The molecule has 1 rings (SSSR count). The molecule has 0 fully saturated rings. The van der Waals surface area contributed by atoms with Gasteiger partial charge in [-0.15, -0.1) is 0 Å². The summed E-state index contributed by atoms with van der Waals surface area (Å²) in [6.45, 7) is 6.06. The normalized spacial score (nSPS) is 10.2. The zero-order chi connectivity index (χ0) is 15.0. The van der Waals surface area contributed by atoms with Crippen molar-refractivity contribution in [3.05, 3.63) is 23.8 Å². The van der Waals surface area contributed by atoms with Gasteiger partial charge in [0.2, 0.25) is 5.91 Å². The van der Waals surface area contributed by atoms with Crippen molar-refractivity contribution in [2.24, 2.45) is 0 Å². The maximum Gasteiger partial charge on any atom is 0.236 e. The Morgan fingerprint density at radius 2 is 2.10 bits per heavy atom. The predicted molar refractivity (Wildman–Crippen MR) is 79.2 cm³/mol. The van der Waals surface area contributed by atoms with Crippen molar-refractivity contribution in [2.45, 2.75) is 20.4 Å². The molecule has 0 saturated heterocycles. The number of hydrogen-bond acceptors (Lipinski definition) is 4. The van der Waals surface area contributed by atoms with Crippen LogP contribution in [0.4, 0.5) is 0 Å². The Labute approximate surface area is 120 Å². The van der Waals surface area contributed by atoms with Crippen LogP contribution in [0.15, 0.2) is 18.2 Å². The van der Waals surface area contributed by atoms with E-state index in [0.717, 1.165) is 17.1 Å². The van der Waals surface area contributed by atoms with Crippen LogP contribution in [0.1, 0.15) is 19.4 Å². The molecule has 0 bridgehead atoms. The number of carbonyl (C=O) groups excluding carboxylic acids is 1. The number of amides is 1. The Morgan fingerprint density at radius 1 is 1.35 bits per heavy atom. The monoisotopic (exact) mass is 280 g/mol. The largest absolute Gasteiger partial charge is 0.493 e. The molecule has 0 aliphatic heterocycles. The first-order valence-electron chi connectivity index (χ1n) is 6.87. The van der Waals surface area contributed by atoms with E-state index in [1.807, 2.05) is 32.0 Å². The van der Waals surface area contributed by atoms with Gasteiger partial charge in [-0.2, -0.15) is 0 Å². The van der Waals surface area contributed by atoms with Gasteiger partial charge in [-0.05, 0) is 19.9 Å². The lowest BCUT2D eigenvalue weighted by atomic mass is 10.2. The number of para-hydroxylation sites is 1. The minimum absolute atomic E-state index is 0.0763. The lowest BCUT2D eigenvalue weighted by Gasteiger charge is -2.16. The summed E-state index contributed by atoms with van der Waals surface area (Å²) in [7, 11) is 3.41. The van der Waals surface area contributed by atoms with Gasteiger partial charge in [0.1, 0.15) is 0 Å². The highest BCUT2D eigenvalue weighted by Crippen LogP contribution is 2.30. The quantitative estimate of drug-likeness (QED) is 0.787. The van der Waals surface area contributed by atoms with E-state index in [-0.39, 0.29) is 5.91 Å². The Bertz CT molecular complexity index is 435. The molecule has 0 aliphatic rings. The van der Waals surface area contributed by atoms with Crippen molar-refractivity contribution in [3.63, 3.8) is 0 Å². The predicted octanol–water partition coefficient (Wildman–Crippen LogP) is 1.66. The average Bonchev–Trinajstić information content (AvgIpc) is 2.46. The molecule has 1 aromatic rings. The molecule has 1 aromatic carbocycles. The number of nitrogens with one attached hydrogen (secondary N) is 1. The molecule has 5 heteroatoms. The van der Waals surface area contributed by atoms with Crippen LogP contribution in [-0.2, 0) is 11.3 Å². The summed E-state index contributed by atoms with van der Waals surface area (Å²) < 4.78 is 10.9. The molecule has 112 valence electrons. The zero-order valence-electron chi connectivity index (χ0n) is 12.7.